The Kier molecular flexibility index (Phi) is 3.72. The van der Waals surface area contributed by atoms with Gasteiger partial charge in [-0.15, -0.1) is 0 Å². The summed E-state index contributed by atoms with van der Waals surface area (Å²) in [6.07, 6.45) is -2.37. The van der Waals surface area contributed by atoms with E-state index in [2.05, 4.69) is 10.1 Å². The number of hydrogen-bond donors (Lipinski definition) is 0. The molecule has 0 N–H and O–H groups in total. The van der Waals surface area contributed by atoms with Crippen LogP contribution in [0.4, 0.5) is 13.2 Å². The highest BCUT2D eigenvalue weighted by molar-refractivity contribution is 5.62. The quantitative estimate of drug-likeness (QED) is 0.840. The lowest BCUT2D eigenvalue weighted by Crippen LogP contribution is -2.21. The smallest absolute Gasteiger partial charge is 0.420 e. The van der Waals surface area contributed by atoms with E-state index in [1.54, 1.807) is 0 Å². The van der Waals surface area contributed by atoms with Gasteiger partial charge >= 0.3 is 6.18 Å². The summed E-state index contributed by atoms with van der Waals surface area (Å²) in [6.45, 7) is 3.95. The Hall–Kier alpha value is -1.83. The first-order chi connectivity index (χ1) is 10.4. The standard InChI is InChI=1S/C14H15F3N2O3/c1-7-5-9(3-4-20-7)13-18-12(19-22-13)11-8(2)21-6-10(11)14(15,16)17/h6-7,9H,3-5H2,1-2H3. The fourth-order valence-corrected chi connectivity index (χ4v) is 2.67. The zero-order valence-electron chi connectivity index (χ0n) is 12.1. The number of alkyl halides is 3. The van der Waals surface area contributed by atoms with Gasteiger partial charge in [-0.3, -0.25) is 0 Å². The molecule has 0 amide bonds. The van der Waals surface area contributed by atoms with E-state index < -0.39 is 11.7 Å². The van der Waals surface area contributed by atoms with E-state index in [4.69, 9.17) is 13.7 Å². The minimum atomic E-state index is -4.53. The van der Waals surface area contributed by atoms with Crippen molar-refractivity contribution in [2.75, 3.05) is 6.61 Å². The molecule has 1 aliphatic heterocycles. The van der Waals surface area contributed by atoms with Crippen molar-refractivity contribution in [1.29, 1.82) is 0 Å². The normalized spacial score (nSPS) is 23.0. The summed E-state index contributed by atoms with van der Waals surface area (Å²) in [7, 11) is 0. The Morgan fingerprint density at radius 3 is 2.77 bits per heavy atom. The van der Waals surface area contributed by atoms with Gasteiger partial charge in [-0.1, -0.05) is 5.16 Å². The fourth-order valence-electron chi connectivity index (χ4n) is 2.67. The van der Waals surface area contributed by atoms with Crippen molar-refractivity contribution >= 4 is 0 Å². The van der Waals surface area contributed by atoms with E-state index in [9.17, 15) is 13.2 Å². The van der Waals surface area contributed by atoms with E-state index in [1.807, 2.05) is 6.92 Å². The molecule has 1 saturated heterocycles. The minimum Gasteiger partial charge on any atom is -0.468 e. The second-order valence-electron chi connectivity index (χ2n) is 5.44. The molecule has 0 saturated carbocycles. The van der Waals surface area contributed by atoms with Gasteiger partial charge in [0, 0.05) is 12.5 Å². The third-order valence-corrected chi connectivity index (χ3v) is 3.78. The summed E-state index contributed by atoms with van der Waals surface area (Å²) < 4.78 is 54.5. The highest BCUT2D eigenvalue weighted by atomic mass is 19.4. The van der Waals surface area contributed by atoms with Crippen molar-refractivity contribution in [2.45, 2.75) is 44.9 Å². The SMILES string of the molecule is Cc1occ(C(F)(F)F)c1-c1noc(C2CCOC(C)C2)n1. The van der Waals surface area contributed by atoms with Gasteiger partial charge in [-0.2, -0.15) is 18.2 Å². The van der Waals surface area contributed by atoms with Crippen LogP contribution in [0.25, 0.3) is 11.4 Å². The number of halogens is 3. The van der Waals surface area contributed by atoms with Crippen LogP contribution in [-0.2, 0) is 10.9 Å². The lowest BCUT2D eigenvalue weighted by atomic mass is 9.96. The van der Waals surface area contributed by atoms with Crippen LogP contribution in [0.15, 0.2) is 15.2 Å². The summed E-state index contributed by atoms with van der Waals surface area (Å²) in [5.74, 6) is 0.373. The van der Waals surface area contributed by atoms with Crippen molar-refractivity contribution in [2.24, 2.45) is 0 Å². The van der Waals surface area contributed by atoms with Gasteiger partial charge in [0.05, 0.1) is 11.7 Å². The Morgan fingerprint density at radius 2 is 2.09 bits per heavy atom. The third kappa shape index (κ3) is 2.75. The van der Waals surface area contributed by atoms with Crippen LogP contribution >= 0.6 is 0 Å². The van der Waals surface area contributed by atoms with E-state index in [1.165, 1.54) is 6.92 Å². The van der Waals surface area contributed by atoms with Crippen molar-refractivity contribution in [3.8, 4) is 11.4 Å². The van der Waals surface area contributed by atoms with Gasteiger partial charge in [0.1, 0.15) is 17.6 Å². The molecule has 3 rings (SSSR count). The molecule has 8 heteroatoms. The van der Waals surface area contributed by atoms with Gasteiger partial charge in [0.15, 0.2) is 0 Å². The molecule has 120 valence electrons. The molecule has 2 atom stereocenters. The number of furan rings is 1. The highest BCUT2D eigenvalue weighted by Crippen LogP contribution is 2.39. The molecule has 0 spiro atoms. The van der Waals surface area contributed by atoms with E-state index >= 15 is 0 Å². The molecule has 2 unspecified atom stereocenters. The van der Waals surface area contributed by atoms with E-state index in [-0.39, 0.29) is 29.2 Å². The summed E-state index contributed by atoms with van der Waals surface area (Å²) >= 11 is 0. The Labute approximate surface area is 124 Å². The Balaban J connectivity index is 1.93. The number of nitrogens with zero attached hydrogens (tertiary/aromatic N) is 2. The average molecular weight is 316 g/mol. The monoisotopic (exact) mass is 316 g/mol. The van der Waals surface area contributed by atoms with Crippen molar-refractivity contribution in [1.82, 2.24) is 10.1 Å². The Bertz CT molecular complexity index is 663. The summed E-state index contributed by atoms with van der Waals surface area (Å²) in [6, 6.07) is 0. The second-order valence-corrected chi connectivity index (χ2v) is 5.44. The molecule has 2 aromatic heterocycles. The van der Waals surface area contributed by atoms with Gasteiger partial charge in [0.2, 0.25) is 11.7 Å². The lowest BCUT2D eigenvalue weighted by Gasteiger charge is -2.24. The van der Waals surface area contributed by atoms with E-state index in [0.717, 1.165) is 0 Å². The molecule has 0 radical (unpaired) electrons. The lowest BCUT2D eigenvalue weighted by molar-refractivity contribution is -0.137. The fraction of sp³-hybridized carbons (Fsp3) is 0.571. The molecular weight excluding hydrogens is 301 g/mol. The third-order valence-electron chi connectivity index (χ3n) is 3.78. The predicted molar refractivity (Wildman–Crippen MR) is 69.1 cm³/mol. The maximum atomic E-state index is 13.0. The average Bonchev–Trinajstić information content (AvgIpc) is 3.04. The molecule has 1 aliphatic rings. The Morgan fingerprint density at radius 1 is 1.32 bits per heavy atom. The molecule has 0 aromatic carbocycles. The zero-order valence-corrected chi connectivity index (χ0v) is 12.1. The number of rotatable bonds is 2. The maximum Gasteiger partial charge on any atom is 0.420 e. The summed E-state index contributed by atoms with van der Waals surface area (Å²) in [5, 5.41) is 3.71. The zero-order chi connectivity index (χ0) is 15.9. The van der Waals surface area contributed by atoms with Crippen LogP contribution in [0.1, 0.15) is 42.9 Å². The van der Waals surface area contributed by atoms with Crippen LogP contribution in [0.3, 0.4) is 0 Å². The molecule has 0 bridgehead atoms. The number of ether oxygens (including phenoxy) is 1. The van der Waals surface area contributed by atoms with Crippen LogP contribution in [0.5, 0.6) is 0 Å². The number of aromatic nitrogens is 2. The first-order valence-corrected chi connectivity index (χ1v) is 6.97. The predicted octanol–water partition coefficient (Wildman–Crippen LogP) is 3.94. The van der Waals surface area contributed by atoms with Crippen molar-refractivity contribution in [3.63, 3.8) is 0 Å². The molecular formula is C14H15F3N2O3. The summed E-state index contributed by atoms with van der Waals surface area (Å²) in [4.78, 5) is 4.15. The van der Waals surface area contributed by atoms with Gasteiger partial charge in [-0.05, 0) is 26.7 Å². The van der Waals surface area contributed by atoms with E-state index in [0.29, 0.717) is 31.6 Å². The molecule has 0 aliphatic carbocycles. The molecule has 5 nitrogen and oxygen atoms in total. The van der Waals surface area contributed by atoms with Crippen LogP contribution in [0, 0.1) is 6.92 Å². The van der Waals surface area contributed by atoms with Crippen molar-refractivity contribution in [3.05, 3.63) is 23.5 Å². The van der Waals surface area contributed by atoms with Crippen LogP contribution in [-0.4, -0.2) is 22.9 Å². The molecule has 1 fully saturated rings. The van der Waals surface area contributed by atoms with Gasteiger partial charge in [-0.25, -0.2) is 0 Å². The molecule has 22 heavy (non-hydrogen) atoms. The number of aryl methyl sites for hydroxylation is 1. The first kappa shape index (κ1) is 15.1. The summed E-state index contributed by atoms with van der Waals surface area (Å²) in [5.41, 5.74) is -1.06. The van der Waals surface area contributed by atoms with Crippen LogP contribution < -0.4 is 0 Å². The highest BCUT2D eigenvalue weighted by Gasteiger charge is 2.38. The van der Waals surface area contributed by atoms with Crippen LogP contribution in [0.2, 0.25) is 0 Å². The second kappa shape index (κ2) is 5.42. The van der Waals surface area contributed by atoms with Gasteiger partial charge in [0.25, 0.3) is 0 Å². The molecule has 2 aromatic rings. The first-order valence-electron chi connectivity index (χ1n) is 6.97. The molecule has 3 heterocycles. The number of hydrogen-bond acceptors (Lipinski definition) is 5. The largest absolute Gasteiger partial charge is 0.468 e. The van der Waals surface area contributed by atoms with Gasteiger partial charge < -0.3 is 13.7 Å². The maximum absolute atomic E-state index is 13.0. The van der Waals surface area contributed by atoms with Crippen molar-refractivity contribution < 1.29 is 26.8 Å². The topological polar surface area (TPSA) is 61.3 Å². The minimum absolute atomic E-state index is 0.00606.